The van der Waals surface area contributed by atoms with E-state index in [1.165, 1.54) is 0 Å². The fraction of sp³-hybridized carbons (Fsp3) is 0.190. The molecule has 0 aliphatic carbocycles. The normalized spacial score (nSPS) is 20.7. The van der Waals surface area contributed by atoms with Crippen LogP contribution in [0.1, 0.15) is 41.3 Å². The Kier molecular flexibility index (Phi) is 3.65. The van der Waals surface area contributed by atoms with Crippen LogP contribution in [0.4, 0.5) is 0 Å². The number of phenolic OH excluding ortho intramolecular Hbond substituents is 1. The molecule has 2 aliphatic rings. The minimum absolute atomic E-state index is 0.0440. The van der Waals surface area contributed by atoms with Crippen molar-refractivity contribution in [2.75, 3.05) is 0 Å². The molecule has 0 saturated carbocycles. The zero-order valence-electron chi connectivity index (χ0n) is 14.6. The number of hydrazone groups is 1. The molecule has 5 nitrogen and oxygen atoms in total. The van der Waals surface area contributed by atoms with E-state index < -0.39 is 6.23 Å². The van der Waals surface area contributed by atoms with Gasteiger partial charge < -0.3 is 14.3 Å². The Morgan fingerprint density at radius 1 is 1.15 bits per heavy atom. The molecule has 5 rings (SSSR count). The highest BCUT2D eigenvalue weighted by Gasteiger charge is 2.42. The molecule has 2 atom stereocenters. The Morgan fingerprint density at radius 2 is 2.00 bits per heavy atom. The van der Waals surface area contributed by atoms with E-state index in [1.54, 1.807) is 12.1 Å². The number of fused-ring (bicyclic) bond motifs is 3. The fourth-order valence-corrected chi connectivity index (χ4v) is 3.89. The number of furan rings is 1. The predicted molar refractivity (Wildman–Crippen MR) is 102 cm³/mol. The Morgan fingerprint density at radius 3 is 2.78 bits per heavy atom. The van der Waals surface area contributed by atoms with Crippen molar-refractivity contribution < 1.29 is 14.3 Å². The SMILES string of the molecule is Cc1ccc([C@H]2Oc3ccc(Cl)cc3[C@H]3CC(c4ccccc4O)=NN32)o1. The van der Waals surface area contributed by atoms with E-state index in [0.717, 1.165) is 28.3 Å². The summed E-state index contributed by atoms with van der Waals surface area (Å²) in [5.74, 6) is 2.50. The monoisotopic (exact) mass is 380 g/mol. The smallest absolute Gasteiger partial charge is 0.246 e. The quantitative estimate of drug-likeness (QED) is 0.664. The number of ether oxygens (including phenoxy) is 1. The van der Waals surface area contributed by atoms with Crippen LogP contribution in [0.25, 0.3) is 0 Å². The molecular formula is C21H17ClN2O3. The van der Waals surface area contributed by atoms with Crippen molar-refractivity contribution in [1.82, 2.24) is 5.01 Å². The number of aryl methyl sites for hydroxylation is 1. The van der Waals surface area contributed by atoms with Gasteiger partial charge in [-0.15, -0.1) is 0 Å². The molecular weight excluding hydrogens is 364 g/mol. The van der Waals surface area contributed by atoms with Gasteiger partial charge in [0.15, 0.2) is 5.76 Å². The molecule has 1 aromatic heterocycles. The van der Waals surface area contributed by atoms with Crippen LogP contribution < -0.4 is 4.74 Å². The first-order chi connectivity index (χ1) is 13.1. The summed E-state index contributed by atoms with van der Waals surface area (Å²) in [4.78, 5) is 0. The van der Waals surface area contributed by atoms with E-state index in [1.807, 2.05) is 54.4 Å². The highest BCUT2D eigenvalue weighted by atomic mass is 35.5. The van der Waals surface area contributed by atoms with Crippen LogP contribution in [-0.4, -0.2) is 15.8 Å². The molecule has 0 saturated heterocycles. The minimum atomic E-state index is -0.472. The highest BCUT2D eigenvalue weighted by Crippen LogP contribution is 2.48. The van der Waals surface area contributed by atoms with Crippen molar-refractivity contribution in [3.05, 3.63) is 82.3 Å². The lowest BCUT2D eigenvalue weighted by molar-refractivity contribution is -0.0329. The van der Waals surface area contributed by atoms with Crippen molar-refractivity contribution >= 4 is 17.3 Å². The summed E-state index contributed by atoms with van der Waals surface area (Å²) < 4.78 is 12.0. The Hall–Kier alpha value is -2.92. The first-order valence-electron chi connectivity index (χ1n) is 8.77. The van der Waals surface area contributed by atoms with E-state index in [0.29, 0.717) is 17.2 Å². The second kappa shape index (κ2) is 6.06. The van der Waals surface area contributed by atoms with Gasteiger partial charge in [0.05, 0.1) is 11.8 Å². The molecule has 27 heavy (non-hydrogen) atoms. The van der Waals surface area contributed by atoms with Crippen LogP contribution in [-0.2, 0) is 0 Å². The number of benzene rings is 2. The largest absolute Gasteiger partial charge is 0.507 e. The molecule has 136 valence electrons. The summed E-state index contributed by atoms with van der Waals surface area (Å²) in [6, 6.07) is 16.6. The van der Waals surface area contributed by atoms with E-state index in [4.69, 9.17) is 25.9 Å². The van der Waals surface area contributed by atoms with Crippen LogP contribution in [0.5, 0.6) is 11.5 Å². The Labute approximate surface area is 161 Å². The molecule has 1 N–H and O–H groups in total. The van der Waals surface area contributed by atoms with Crippen LogP contribution in [0.3, 0.4) is 0 Å². The summed E-state index contributed by atoms with van der Waals surface area (Å²) in [7, 11) is 0. The second-order valence-corrected chi connectivity index (χ2v) is 7.20. The predicted octanol–water partition coefficient (Wildman–Crippen LogP) is 5.19. The van der Waals surface area contributed by atoms with Gasteiger partial charge in [-0.3, -0.25) is 0 Å². The number of phenols is 1. The number of nitrogens with zero attached hydrogens (tertiary/aromatic N) is 2. The molecule has 0 bridgehead atoms. The molecule has 6 heteroatoms. The van der Waals surface area contributed by atoms with Crippen LogP contribution >= 0.6 is 11.6 Å². The second-order valence-electron chi connectivity index (χ2n) is 6.76. The van der Waals surface area contributed by atoms with Gasteiger partial charge in [0.1, 0.15) is 17.3 Å². The molecule has 0 unspecified atom stereocenters. The molecule has 0 spiro atoms. The lowest BCUT2D eigenvalue weighted by Gasteiger charge is -2.37. The minimum Gasteiger partial charge on any atom is -0.507 e. The number of hydrogen-bond acceptors (Lipinski definition) is 5. The highest BCUT2D eigenvalue weighted by molar-refractivity contribution is 6.30. The van der Waals surface area contributed by atoms with Gasteiger partial charge in [0.25, 0.3) is 0 Å². The van der Waals surface area contributed by atoms with Gasteiger partial charge in [-0.25, -0.2) is 5.01 Å². The van der Waals surface area contributed by atoms with E-state index in [9.17, 15) is 5.11 Å². The fourth-order valence-electron chi connectivity index (χ4n) is 3.71. The maximum Gasteiger partial charge on any atom is 0.246 e. The average Bonchev–Trinajstić information content (AvgIpc) is 3.28. The van der Waals surface area contributed by atoms with Crippen molar-refractivity contribution in [3.63, 3.8) is 0 Å². The van der Waals surface area contributed by atoms with Crippen molar-refractivity contribution in [2.24, 2.45) is 5.10 Å². The Balaban J connectivity index is 1.62. The summed E-state index contributed by atoms with van der Waals surface area (Å²) >= 11 is 6.23. The summed E-state index contributed by atoms with van der Waals surface area (Å²) in [5, 5.41) is 17.6. The van der Waals surface area contributed by atoms with Gasteiger partial charge >= 0.3 is 0 Å². The summed E-state index contributed by atoms with van der Waals surface area (Å²) in [5.41, 5.74) is 2.52. The third kappa shape index (κ3) is 2.66. The molecule has 3 heterocycles. The molecule has 3 aromatic rings. The maximum atomic E-state index is 10.3. The lowest BCUT2D eigenvalue weighted by atomic mass is 9.96. The number of rotatable bonds is 2. The number of aromatic hydroxyl groups is 1. The third-order valence-electron chi connectivity index (χ3n) is 4.97. The lowest BCUT2D eigenvalue weighted by Crippen LogP contribution is -2.33. The topological polar surface area (TPSA) is 58.2 Å². The molecule has 2 aliphatic heterocycles. The first kappa shape index (κ1) is 16.3. The van der Waals surface area contributed by atoms with Crippen LogP contribution in [0.2, 0.25) is 5.02 Å². The molecule has 0 radical (unpaired) electrons. The maximum absolute atomic E-state index is 10.3. The van der Waals surface area contributed by atoms with Crippen molar-refractivity contribution in [2.45, 2.75) is 25.6 Å². The number of hydrogen-bond donors (Lipinski definition) is 1. The molecule has 0 fully saturated rings. The number of halogens is 1. The first-order valence-corrected chi connectivity index (χ1v) is 9.14. The van der Waals surface area contributed by atoms with Gasteiger partial charge in [-0.05, 0) is 49.4 Å². The zero-order chi connectivity index (χ0) is 18.5. The molecule has 0 amide bonds. The van der Waals surface area contributed by atoms with Gasteiger partial charge in [0.2, 0.25) is 6.23 Å². The van der Waals surface area contributed by atoms with E-state index >= 15 is 0 Å². The Bertz CT molecular complexity index is 1060. The summed E-state index contributed by atoms with van der Waals surface area (Å²) in [6.07, 6.45) is 0.172. The average molecular weight is 381 g/mol. The van der Waals surface area contributed by atoms with Gasteiger partial charge in [0, 0.05) is 22.6 Å². The van der Waals surface area contributed by atoms with Crippen molar-refractivity contribution in [1.29, 1.82) is 0 Å². The zero-order valence-corrected chi connectivity index (χ0v) is 15.3. The van der Waals surface area contributed by atoms with Gasteiger partial charge in [-0.1, -0.05) is 23.7 Å². The van der Waals surface area contributed by atoms with E-state index in [-0.39, 0.29) is 11.8 Å². The van der Waals surface area contributed by atoms with Crippen LogP contribution in [0, 0.1) is 6.92 Å². The van der Waals surface area contributed by atoms with E-state index in [2.05, 4.69) is 0 Å². The standard InChI is InChI=1S/C21H17ClN2O3/c1-12-6-8-20(26-12)21-24-17(15-10-13(22)7-9-19(15)27-21)11-16(23-24)14-4-2-3-5-18(14)25/h2-10,17,21,25H,11H2,1H3/t17-,21-/m1/s1. The third-order valence-corrected chi connectivity index (χ3v) is 5.21. The van der Waals surface area contributed by atoms with Gasteiger partial charge in [-0.2, -0.15) is 5.10 Å². The summed E-state index contributed by atoms with van der Waals surface area (Å²) in [6.45, 7) is 1.90. The van der Waals surface area contributed by atoms with Crippen molar-refractivity contribution in [3.8, 4) is 11.5 Å². The van der Waals surface area contributed by atoms with Crippen LogP contribution in [0.15, 0.2) is 64.1 Å². The molecule has 2 aromatic carbocycles. The number of para-hydroxylation sites is 1.